The molecule has 18 heavy (non-hydrogen) atoms. The smallest absolute Gasteiger partial charge is 0.0755 e. The number of rotatable bonds is 8. The first-order valence-electron chi connectivity index (χ1n) is 7.00. The summed E-state index contributed by atoms with van der Waals surface area (Å²) in [7, 11) is 1.84. The normalized spacial score (nSPS) is 18.6. The van der Waals surface area contributed by atoms with Crippen LogP contribution in [0.3, 0.4) is 0 Å². The van der Waals surface area contributed by atoms with E-state index in [9.17, 15) is 0 Å². The summed E-state index contributed by atoms with van der Waals surface area (Å²) in [6, 6.07) is 4.56. The van der Waals surface area contributed by atoms with E-state index >= 15 is 0 Å². The summed E-state index contributed by atoms with van der Waals surface area (Å²) in [5.41, 5.74) is 1.29. The lowest BCUT2D eigenvalue weighted by molar-refractivity contribution is 0.0511. The fraction of sp³-hybridized carbons (Fsp3) is 0.667. The molecule has 100 valence electrons. The van der Waals surface area contributed by atoms with Crippen LogP contribution in [0, 0.1) is 5.92 Å². The van der Waals surface area contributed by atoms with E-state index in [0.717, 1.165) is 25.3 Å². The highest BCUT2D eigenvalue weighted by atomic mass is 16.5. The lowest BCUT2D eigenvalue weighted by atomic mass is 9.99. The Hall–Kier alpha value is -0.930. The van der Waals surface area contributed by atoms with Crippen LogP contribution in [0.4, 0.5) is 0 Å². The van der Waals surface area contributed by atoms with Crippen molar-refractivity contribution in [3.63, 3.8) is 0 Å². The average molecular weight is 248 g/mol. The molecule has 0 amide bonds. The second-order valence-corrected chi connectivity index (χ2v) is 5.16. The van der Waals surface area contributed by atoms with Crippen molar-refractivity contribution in [1.82, 2.24) is 10.3 Å². The number of methoxy groups -OCH3 is 1. The molecular formula is C15H24N2O. The van der Waals surface area contributed by atoms with Crippen molar-refractivity contribution in [1.29, 1.82) is 0 Å². The average Bonchev–Trinajstić information content (AvgIpc) is 3.22. The largest absolute Gasteiger partial charge is 0.380 e. The van der Waals surface area contributed by atoms with Crippen LogP contribution in [0.5, 0.6) is 0 Å². The van der Waals surface area contributed by atoms with Gasteiger partial charge in [0.1, 0.15) is 0 Å². The summed E-state index contributed by atoms with van der Waals surface area (Å²) in [5, 5.41) is 3.64. The van der Waals surface area contributed by atoms with Crippen molar-refractivity contribution in [3.05, 3.63) is 30.1 Å². The molecule has 1 aliphatic carbocycles. The third-order valence-electron chi connectivity index (χ3n) is 3.59. The maximum atomic E-state index is 5.72. The first-order chi connectivity index (χ1) is 8.85. The van der Waals surface area contributed by atoms with Gasteiger partial charge >= 0.3 is 0 Å². The van der Waals surface area contributed by atoms with Crippen LogP contribution in [-0.4, -0.2) is 30.8 Å². The van der Waals surface area contributed by atoms with Crippen LogP contribution in [-0.2, 0) is 11.2 Å². The molecule has 1 saturated carbocycles. The van der Waals surface area contributed by atoms with E-state index in [1.165, 1.54) is 18.4 Å². The quantitative estimate of drug-likeness (QED) is 0.767. The Morgan fingerprint density at radius 1 is 1.50 bits per heavy atom. The van der Waals surface area contributed by atoms with Crippen LogP contribution in [0.1, 0.15) is 31.7 Å². The standard InChI is InChI=1S/C15H24N2O/c1-3-8-17-14(15(18-2)13-6-7-13)10-12-5-4-9-16-11-12/h4-5,9,11,13-15,17H,3,6-8,10H2,1-2H3. The molecule has 1 aromatic heterocycles. The van der Waals surface area contributed by atoms with Gasteiger partial charge in [-0.05, 0) is 49.8 Å². The van der Waals surface area contributed by atoms with Gasteiger partial charge in [0.2, 0.25) is 0 Å². The number of pyridine rings is 1. The lowest BCUT2D eigenvalue weighted by Gasteiger charge is -2.27. The number of hydrogen-bond donors (Lipinski definition) is 1. The minimum Gasteiger partial charge on any atom is -0.380 e. The highest BCUT2D eigenvalue weighted by molar-refractivity contribution is 5.11. The van der Waals surface area contributed by atoms with E-state index in [1.807, 2.05) is 25.6 Å². The van der Waals surface area contributed by atoms with Gasteiger partial charge in [0.25, 0.3) is 0 Å². The second kappa shape index (κ2) is 6.86. The molecule has 1 aromatic rings. The van der Waals surface area contributed by atoms with Crippen LogP contribution in [0.25, 0.3) is 0 Å². The van der Waals surface area contributed by atoms with E-state index in [2.05, 4.69) is 23.3 Å². The minimum absolute atomic E-state index is 0.344. The third-order valence-corrected chi connectivity index (χ3v) is 3.59. The molecule has 0 saturated heterocycles. The molecule has 1 aliphatic rings. The summed E-state index contributed by atoms with van der Waals surface area (Å²) < 4.78 is 5.72. The summed E-state index contributed by atoms with van der Waals surface area (Å²) in [5.74, 6) is 0.751. The Bertz CT molecular complexity index is 338. The van der Waals surface area contributed by atoms with Gasteiger partial charge in [-0.25, -0.2) is 0 Å². The summed E-state index contributed by atoms with van der Waals surface area (Å²) in [6.45, 7) is 3.25. The van der Waals surface area contributed by atoms with E-state index in [-0.39, 0.29) is 0 Å². The van der Waals surface area contributed by atoms with Gasteiger partial charge in [-0.15, -0.1) is 0 Å². The second-order valence-electron chi connectivity index (χ2n) is 5.16. The van der Waals surface area contributed by atoms with E-state index in [1.54, 1.807) is 0 Å². The number of aromatic nitrogens is 1. The number of nitrogens with zero attached hydrogens (tertiary/aromatic N) is 1. The number of hydrogen-bond acceptors (Lipinski definition) is 3. The van der Waals surface area contributed by atoms with E-state index in [4.69, 9.17) is 4.74 Å². The predicted molar refractivity (Wildman–Crippen MR) is 73.5 cm³/mol. The maximum Gasteiger partial charge on any atom is 0.0755 e. The van der Waals surface area contributed by atoms with Gasteiger partial charge in [-0.1, -0.05) is 13.0 Å². The predicted octanol–water partition coefficient (Wildman–Crippen LogP) is 2.42. The lowest BCUT2D eigenvalue weighted by Crippen LogP contribution is -2.44. The summed E-state index contributed by atoms with van der Waals surface area (Å²) in [4.78, 5) is 4.20. The molecule has 0 spiro atoms. The molecule has 2 rings (SSSR count). The van der Waals surface area contributed by atoms with Crippen molar-refractivity contribution in [3.8, 4) is 0 Å². The minimum atomic E-state index is 0.344. The Morgan fingerprint density at radius 3 is 2.89 bits per heavy atom. The first kappa shape index (κ1) is 13.5. The van der Waals surface area contributed by atoms with Gasteiger partial charge in [-0.2, -0.15) is 0 Å². The van der Waals surface area contributed by atoms with Gasteiger partial charge in [0.15, 0.2) is 0 Å². The van der Waals surface area contributed by atoms with Crippen molar-refractivity contribution in [2.24, 2.45) is 5.92 Å². The molecular weight excluding hydrogens is 224 g/mol. The molecule has 3 nitrogen and oxygen atoms in total. The molecule has 2 unspecified atom stereocenters. The third kappa shape index (κ3) is 3.79. The highest BCUT2D eigenvalue weighted by Gasteiger charge is 2.36. The van der Waals surface area contributed by atoms with Crippen LogP contribution in [0.2, 0.25) is 0 Å². The van der Waals surface area contributed by atoms with Crippen molar-refractivity contribution in [2.75, 3.05) is 13.7 Å². The van der Waals surface area contributed by atoms with Crippen LogP contribution < -0.4 is 5.32 Å². The van der Waals surface area contributed by atoms with E-state index in [0.29, 0.717) is 12.1 Å². The molecule has 0 bridgehead atoms. The maximum absolute atomic E-state index is 5.72. The van der Waals surface area contributed by atoms with Gasteiger partial charge < -0.3 is 10.1 Å². The monoisotopic (exact) mass is 248 g/mol. The SMILES string of the molecule is CCCNC(Cc1cccnc1)C(OC)C1CC1. The van der Waals surface area contributed by atoms with Gasteiger partial charge in [0.05, 0.1) is 6.10 Å². The molecule has 0 radical (unpaired) electrons. The topological polar surface area (TPSA) is 34.2 Å². The van der Waals surface area contributed by atoms with Crippen molar-refractivity contribution in [2.45, 2.75) is 44.8 Å². The Balaban J connectivity index is 1.99. The molecule has 1 fully saturated rings. The fourth-order valence-corrected chi connectivity index (χ4v) is 2.52. The molecule has 3 heteroatoms. The summed E-state index contributed by atoms with van der Waals surface area (Å²) in [6.07, 6.45) is 8.92. The molecule has 0 aromatic carbocycles. The zero-order valence-corrected chi connectivity index (χ0v) is 11.4. The molecule has 0 aliphatic heterocycles. The number of ether oxygens (including phenoxy) is 1. The van der Waals surface area contributed by atoms with Crippen molar-refractivity contribution < 1.29 is 4.74 Å². The van der Waals surface area contributed by atoms with Crippen LogP contribution in [0.15, 0.2) is 24.5 Å². The zero-order chi connectivity index (χ0) is 12.8. The first-order valence-corrected chi connectivity index (χ1v) is 7.00. The summed E-state index contributed by atoms with van der Waals surface area (Å²) >= 11 is 0. The van der Waals surface area contributed by atoms with E-state index < -0.39 is 0 Å². The van der Waals surface area contributed by atoms with Crippen LogP contribution >= 0.6 is 0 Å². The van der Waals surface area contributed by atoms with Crippen molar-refractivity contribution >= 4 is 0 Å². The molecule has 1 heterocycles. The zero-order valence-electron chi connectivity index (χ0n) is 11.4. The molecule has 2 atom stereocenters. The Labute approximate surface area is 110 Å². The highest BCUT2D eigenvalue weighted by Crippen LogP contribution is 2.36. The Morgan fingerprint density at radius 2 is 2.33 bits per heavy atom. The number of nitrogens with one attached hydrogen (secondary N) is 1. The fourth-order valence-electron chi connectivity index (χ4n) is 2.52. The molecule has 1 N–H and O–H groups in total. The Kier molecular flexibility index (Phi) is 5.14. The van der Waals surface area contributed by atoms with Gasteiger partial charge in [0, 0.05) is 25.5 Å². The van der Waals surface area contributed by atoms with Gasteiger partial charge in [-0.3, -0.25) is 4.98 Å².